The summed E-state index contributed by atoms with van der Waals surface area (Å²) in [5, 5.41) is -0.138. The van der Waals surface area contributed by atoms with Crippen molar-refractivity contribution in [1.29, 1.82) is 0 Å². The van der Waals surface area contributed by atoms with Gasteiger partial charge in [-0.15, -0.1) is 0 Å². The minimum Gasteiger partial charge on any atom is -0.302 e. The van der Waals surface area contributed by atoms with Crippen LogP contribution < -0.4 is 0 Å². The van der Waals surface area contributed by atoms with Crippen molar-refractivity contribution in [2.45, 2.75) is 37.4 Å². The van der Waals surface area contributed by atoms with Crippen LogP contribution in [0.15, 0.2) is 24.3 Å². The van der Waals surface area contributed by atoms with Crippen molar-refractivity contribution in [1.82, 2.24) is 4.90 Å². The summed E-state index contributed by atoms with van der Waals surface area (Å²) < 4.78 is 36.7. The summed E-state index contributed by atoms with van der Waals surface area (Å²) in [5.41, 5.74) is 1.19. The summed E-state index contributed by atoms with van der Waals surface area (Å²) in [7, 11) is -2.83. The molecular formula is C17H24FNO2S. The summed E-state index contributed by atoms with van der Waals surface area (Å²) in [6.45, 7) is 2.68. The minimum absolute atomic E-state index is 0.138. The van der Waals surface area contributed by atoms with Gasteiger partial charge in [0.1, 0.15) is 5.82 Å². The Hall–Kier alpha value is -0.940. The number of sulfone groups is 1. The Bertz CT molecular complexity index is 592. The van der Waals surface area contributed by atoms with Gasteiger partial charge in [-0.25, -0.2) is 12.8 Å². The van der Waals surface area contributed by atoms with E-state index in [1.54, 1.807) is 0 Å². The summed E-state index contributed by atoms with van der Waals surface area (Å²) in [6, 6.07) is 6.78. The Balaban J connectivity index is 1.47. The molecule has 122 valence electrons. The van der Waals surface area contributed by atoms with E-state index < -0.39 is 9.84 Å². The SMILES string of the molecule is O=S1(=O)CCCC1CN1CCC(Cc2ccc(F)cc2)CC1. The molecular weight excluding hydrogens is 301 g/mol. The maximum atomic E-state index is 12.9. The summed E-state index contributed by atoms with van der Waals surface area (Å²) in [5.74, 6) is 0.817. The predicted octanol–water partition coefficient (Wildman–Crippen LogP) is 2.66. The second-order valence-electron chi connectivity index (χ2n) is 6.71. The Morgan fingerprint density at radius 1 is 1.09 bits per heavy atom. The average Bonchev–Trinajstić information content (AvgIpc) is 2.82. The summed E-state index contributed by atoms with van der Waals surface area (Å²) in [4.78, 5) is 2.31. The first-order chi connectivity index (χ1) is 10.5. The molecule has 2 aliphatic rings. The zero-order valence-corrected chi connectivity index (χ0v) is 13.7. The molecule has 0 aromatic heterocycles. The molecule has 3 rings (SSSR count). The molecule has 22 heavy (non-hydrogen) atoms. The third-order valence-corrected chi connectivity index (χ3v) is 7.33. The van der Waals surface area contributed by atoms with Crippen LogP contribution in [0.5, 0.6) is 0 Å². The van der Waals surface area contributed by atoms with Gasteiger partial charge in [-0.3, -0.25) is 0 Å². The molecule has 1 atom stereocenters. The van der Waals surface area contributed by atoms with Gasteiger partial charge in [0.15, 0.2) is 9.84 Å². The number of nitrogens with zero attached hydrogens (tertiary/aromatic N) is 1. The van der Waals surface area contributed by atoms with Gasteiger partial charge in [0.05, 0.1) is 11.0 Å². The third-order valence-electron chi connectivity index (χ3n) is 5.07. The zero-order chi connectivity index (χ0) is 15.6. The first-order valence-corrected chi connectivity index (χ1v) is 9.93. The van der Waals surface area contributed by atoms with E-state index >= 15 is 0 Å². The second-order valence-corrected chi connectivity index (χ2v) is 9.11. The molecule has 0 saturated carbocycles. The van der Waals surface area contributed by atoms with Crippen molar-refractivity contribution in [3.8, 4) is 0 Å². The van der Waals surface area contributed by atoms with E-state index in [-0.39, 0.29) is 11.1 Å². The third kappa shape index (κ3) is 3.87. The van der Waals surface area contributed by atoms with Crippen molar-refractivity contribution in [2.24, 2.45) is 5.92 Å². The van der Waals surface area contributed by atoms with Crippen molar-refractivity contribution >= 4 is 9.84 Å². The number of halogens is 1. The van der Waals surface area contributed by atoms with Gasteiger partial charge in [0, 0.05) is 6.54 Å². The molecule has 2 heterocycles. The number of likely N-dealkylation sites (tertiary alicyclic amines) is 1. The summed E-state index contributed by atoms with van der Waals surface area (Å²) >= 11 is 0. The van der Waals surface area contributed by atoms with Crippen LogP contribution in [0.25, 0.3) is 0 Å². The molecule has 1 aromatic rings. The molecule has 3 nitrogen and oxygen atoms in total. The van der Waals surface area contributed by atoms with Crippen LogP contribution in [-0.2, 0) is 16.3 Å². The molecule has 1 aromatic carbocycles. The fourth-order valence-electron chi connectivity index (χ4n) is 3.68. The lowest BCUT2D eigenvalue weighted by Crippen LogP contribution is -2.40. The van der Waals surface area contributed by atoms with Crippen LogP contribution in [0.3, 0.4) is 0 Å². The number of piperidine rings is 1. The van der Waals surface area contributed by atoms with Gasteiger partial charge in [0.25, 0.3) is 0 Å². The average molecular weight is 325 g/mol. The maximum absolute atomic E-state index is 12.9. The number of hydrogen-bond acceptors (Lipinski definition) is 3. The fraction of sp³-hybridized carbons (Fsp3) is 0.647. The van der Waals surface area contributed by atoms with Crippen molar-refractivity contribution < 1.29 is 12.8 Å². The van der Waals surface area contributed by atoms with Crippen LogP contribution >= 0.6 is 0 Å². The Labute approximate surface area is 132 Å². The van der Waals surface area contributed by atoms with E-state index in [4.69, 9.17) is 0 Å². The van der Waals surface area contributed by atoms with Crippen LogP contribution in [0.2, 0.25) is 0 Å². The Kier molecular flexibility index (Phi) is 4.83. The number of benzene rings is 1. The molecule has 1 unspecified atom stereocenters. The first-order valence-electron chi connectivity index (χ1n) is 8.21. The van der Waals surface area contributed by atoms with E-state index in [0.717, 1.165) is 45.2 Å². The van der Waals surface area contributed by atoms with E-state index in [1.807, 2.05) is 12.1 Å². The van der Waals surface area contributed by atoms with Crippen molar-refractivity contribution in [2.75, 3.05) is 25.4 Å². The molecule has 0 amide bonds. The minimum atomic E-state index is -2.83. The topological polar surface area (TPSA) is 37.4 Å². The van der Waals surface area contributed by atoms with E-state index in [0.29, 0.717) is 18.2 Å². The highest BCUT2D eigenvalue weighted by Gasteiger charge is 2.33. The number of rotatable bonds is 4. The highest BCUT2D eigenvalue weighted by atomic mass is 32.2. The number of hydrogen-bond donors (Lipinski definition) is 0. The van der Waals surface area contributed by atoms with E-state index in [2.05, 4.69) is 4.90 Å². The van der Waals surface area contributed by atoms with Gasteiger partial charge in [0.2, 0.25) is 0 Å². The molecule has 2 fully saturated rings. The van der Waals surface area contributed by atoms with E-state index in [9.17, 15) is 12.8 Å². The predicted molar refractivity (Wildman–Crippen MR) is 86.1 cm³/mol. The quantitative estimate of drug-likeness (QED) is 0.854. The summed E-state index contributed by atoms with van der Waals surface area (Å²) in [6.07, 6.45) is 4.86. The first kappa shape index (κ1) is 15.9. The van der Waals surface area contributed by atoms with Gasteiger partial charge < -0.3 is 4.90 Å². The lowest BCUT2D eigenvalue weighted by molar-refractivity contribution is 0.183. The molecule has 5 heteroatoms. The van der Waals surface area contributed by atoms with Gasteiger partial charge in [-0.05, 0) is 68.8 Å². The zero-order valence-electron chi connectivity index (χ0n) is 12.9. The highest BCUT2D eigenvalue weighted by molar-refractivity contribution is 7.92. The molecule has 0 N–H and O–H groups in total. The Morgan fingerprint density at radius 3 is 2.36 bits per heavy atom. The van der Waals surface area contributed by atoms with Crippen molar-refractivity contribution in [3.05, 3.63) is 35.6 Å². The molecule has 0 bridgehead atoms. The van der Waals surface area contributed by atoms with Crippen molar-refractivity contribution in [3.63, 3.8) is 0 Å². The fourth-order valence-corrected chi connectivity index (χ4v) is 5.54. The molecule has 0 radical (unpaired) electrons. The van der Waals surface area contributed by atoms with Gasteiger partial charge in [-0.1, -0.05) is 12.1 Å². The second kappa shape index (κ2) is 6.67. The largest absolute Gasteiger partial charge is 0.302 e. The van der Waals surface area contributed by atoms with Crippen LogP contribution in [0.1, 0.15) is 31.2 Å². The Morgan fingerprint density at radius 2 is 1.77 bits per heavy atom. The van der Waals surface area contributed by atoms with Crippen LogP contribution in [0, 0.1) is 11.7 Å². The molecule has 0 aliphatic carbocycles. The molecule has 0 spiro atoms. The maximum Gasteiger partial charge on any atom is 0.154 e. The normalized spacial score (nSPS) is 26.3. The van der Waals surface area contributed by atoms with Crippen LogP contribution in [-0.4, -0.2) is 44.0 Å². The van der Waals surface area contributed by atoms with Gasteiger partial charge >= 0.3 is 0 Å². The lowest BCUT2D eigenvalue weighted by Gasteiger charge is -2.33. The monoisotopic (exact) mass is 325 g/mol. The highest BCUT2D eigenvalue weighted by Crippen LogP contribution is 2.25. The standard InChI is InChI=1S/C17H24FNO2S/c18-16-5-3-14(4-6-16)12-15-7-9-19(10-8-15)13-17-2-1-11-22(17,20)21/h3-6,15,17H,1-2,7-13H2. The van der Waals surface area contributed by atoms with E-state index in [1.165, 1.54) is 17.7 Å². The molecule has 2 aliphatic heterocycles. The molecule has 2 saturated heterocycles. The lowest BCUT2D eigenvalue weighted by atomic mass is 9.90. The van der Waals surface area contributed by atoms with Gasteiger partial charge in [-0.2, -0.15) is 0 Å². The smallest absolute Gasteiger partial charge is 0.154 e. The van der Waals surface area contributed by atoms with Crippen LogP contribution in [0.4, 0.5) is 4.39 Å².